The summed E-state index contributed by atoms with van der Waals surface area (Å²) < 4.78 is 5.00. The number of thiocarbonyl (C=S) groups is 1. The third kappa shape index (κ3) is 4.98. The van der Waals surface area contributed by atoms with Gasteiger partial charge in [-0.2, -0.15) is 0 Å². The lowest BCUT2D eigenvalue weighted by atomic mass is 9.95. The number of hydrogen-bond acceptors (Lipinski definition) is 4. The molecule has 2 aromatic rings. The van der Waals surface area contributed by atoms with Crippen molar-refractivity contribution in [2.24, 2.45) is 0 Å². The molecule has 1 atom stereocenters. The highest BCUT2D eigenvalue weighted by atomic mass is 35.5. The van der Waals surface area contributed by atoms with Gasteiger partial charge in [-0.15, -0.1) is 0 Å². The Bertz CT molecular complexity index is 1090. The molecule has 1 aliphatic rings. The fourth-order valence-corrected chi connectivity index (χ4v) is 4.16. The highest BCUT2D eigenvalue weighted by Gasteiger charge is 2.33. The van der Waals surface area contributed by atoms with Gasteiger partial charge in [0.1, 0.15) is 0 Å². The van der Waals surface area contributed by atoms with E-state index in [9.17, 15) is 9.59 Å². The first-order chi connectivity index (χ1) is 15.3. The van der Waals surface area contributed by atoms with Crippen LogP contribution in [0.25, 0.3) is 0 Å². The van der Waals surface area contributed by atoms with Crippen LogP contribution in [0.4, 0.5) is 16.2 Å². The molecule has 3 rings (SSSR count). The summed E-state index contributed by atoms with van der Waals surface area (Å²) in [7, 11) is 1.35. The summed E-state index contributed by atoms with van der Waals surface area (Å²) in [4.78, 5) is 26.7. The minimum atomic E-state index is -0.469. The first-order valence-corrected chi connectivity index (χ1v) is 10.9. The number of anilines is 2. The molecule has 1 unspecified atom stereocenters. The number of esters is 1. The van der Waals surface area contributed by atoms with E-state index in [0.29, 0.717) is 33.6 Å². The first kappa shape index (κ1) is 23.8. The zero-order valence-corrected chi connectivity index (χ0v) is 20.0. The van der Waals surface area contributed by atoms with Gasteiger partial charge in [-0.25, -0.2) is 9.59 Å². The van der Waals surface area contributed by atoms with Crippen molar-refractivity contribution in [2.75, 3.05) is 24.3 Å². The number of carbonyl (C=O) groups excluding carboxylic acids is 2. The Morgan fingerprint density at radius 1 is 1.16 bits per heavy atom. The maximum absolute atomic E-state index is 12.5. The van der Waals surface area contributed by atoms with E-state index in [1.807, 2.05) is 18.7 Å². The molecule has 168 valence electrons. The van der Waals surface area contributed by atoms with Crippen molar-refractivity contribution < 1.29 is 14.3 Å². The van der Waals surface area contributed by atoms with Crippen LogP contribution in [0.3, 0.4) is 0 Å². The van der Waals surface area contributed by atoms with Gasteiger partial charge in [-0.05, 0) is 55.9 Å². The Labute approximate surface area is 201 Å². The summed E-state index contributed by atoms with van der Waals surface area (Å²) >= 11 is 17.5. The molecule has 2 amide bonds. The molecule has 0 radical (unpaired) electrons. The number of urea groups is 1. The van der Waals surface area contributed by atoms with Gasteiger partial charge in [-0.1, -0.05) is 41.4 Å². The fourth-order valence-electron chi connectivity index (χ4n) is 3.43. The number of allylic oxidation sites excluding steroid dienone is 1. The van der Waals surface area contributed by atoms with Crippen molar-refractivity contribution >= 4 is 63.9 Å². The van der Waals surface area contributed by atoms with Gasteiger partial charge in [0, 0.05) is 17.9 Å². The number of halogens is 2. The third-order valence-electron chi connectivity index (χ3n) is 5.02. The lowest BCUT2D eigenvalue weighted by Crippen LogP contribution is -2.47. The van der Waals surface area contributed by atoms with Crippen LogP contribution >= 0.6 is 35.4 Å². The summed E-state index contributed by atoms with van der Waals surface area (Å²) in [5.74, 6) is -0.430. The van der Waals surface area contributed by atoms with Gasteiger partial charge >= 0.3 is 12.0 Å². The van der Waals surface area contributed by atoms with Crippen LogP contribution in [-0.4, -0.2) is 35.7 Å². The average molecular weight is 493 g/mol. The molecule has 0 saturated carbocycles. The number of carbonyl (C=O) groups is 2. The molecule has 0 aromatic heterocycles. The average Bonchev–Trinajstić information content (AvgIpc) is 2.77. The molecule has 0 bridgehead atoms. The van der Waals surface area contributed by atoms with E-state index in [0.717, 1.165) is 11.3 Å². The van der Waals surface area contributed by atoms with E-state index in [2.05, 4.69) is 16.0 Å². The molecular formula is C22H22Cl2N4O3S. The lowest BCUT2D eigenvalue weighted by Gasteiger charge is -2.36. The maximum atomic E-state index is 12.5. The largest absolute Gasteiger partial charge is 0.466 e. The molecule has 32 heavy (non-hydrogen) atoms. The number of nitrogens with zero attached hydrogens (tertiary/aromatic N) is 1. The van der Waals surface area contributed by atoms with Crippen molar-refractivity contribution in [2.45, 2.75) is 19.9 Å². The van der Waals surface area contributed by atoms with E-state index >= 15 is 0 Å². The van der Waals surface area contributed by atoms with Crippen LogP contribution in [-0.2, 0) is 9.53 Å². The summed E-state index contributed by atoms with van der Waals surface area (Å²) in [6.45, 7) is 4.42. The van der Waals surface area contributed by atoms with E-state index in [1.54, 1.807) is 42.5 Å². The molecular weight excluding hydrogens is 471 g/mol. The summed E-state index contributed by atoms with van der Waals surface area (Å²) in [5, 5.41) is 9.74. The van der Waals surface area contributed by atoms with Gasteiger partial charge in [0.25, 0.3) is 0 Å². The molecule has 7 nitrogen and oxygen atoms in total. The highest BCUT2D eigenvalue weighted by molar-refractivity contribution is 7.80. The van der Waals surface area contributed by atoms with Crippen LogP contribution in [0.5, 0.6) is 0 Å². The Morgan fingerprint density at radius 2 is 1.84 bits per heavy atom. The second kappa shape index (κ2) is 10.2. The van der Waals surface area contributed by atoms with E-state index < -0.39 is 18.0 Å². The zero-order valence-electron chi connectivity index (χ0n) is 17.7. The summed E-state index contributed by atoms with van der Waals surface area (Å²) in [5.41, 5.74) is 2.98. The number of amides is 2. The standard InChI is InChI=1S/C22H22Cl2N4O3S/c1-4-28-12(2)17(20(29)31-3)19(27-22(28)32)13-8-10-14(11-9-13)25-21(30)26-16-7-5-6-15(23)18(16)24/h5-11,19H,4H2,1-3H3,(H,27,32)(H2,25,26,30). The Morgan fingerprint density at radius 3 is 2.47 bits per heavy atom. The van der Waals surface area contributed by atoms with Gasteiger partial charge < -0.3 is 25.6 Å². The second-order valence-corrected chi connectivity index (χ2v) is 8.09. The van der Waals surface area contributed by atoms with Gasteiger partial charge in [0.15, 0.2) is 5.11 Å². The molecule has 10 heteroatoms. The van der Waals surface area contributed by atoms with E-state index in [-0.39, 0.29) is 5.02 Å². The zero-order chi connectivity index (χ0) is 23.4. The number of ether oxygens (including phenoxy) is 1. The van der Waals surface area contributed by atoms with Crippen molar-refractivity contribution in [1.82, 2.24) is 10.2 Å². The minimum absolute atomic E-state index is 0.262. The van der Waals surface area contributed by atoms with Crippen LogP contribution in [0.15, 0.2) is 53.7 Å². The van der Waals surface area contributed by atoms with Crippen LogP contribution in [0, 0.1) is 0 Å². The van der Waals surface area contributed by atoms with Gasteiger partial charge in [0.2, 0.25) is 0 Å². The lowest BCUT2D eigenvalue weighted by molar-refractivity contribution is -0.136. The Kier molecular flexibility index (Phi) is 7.60. The van der Waals surface area contributed by atoms with Crippen molar-refractivity contribution in [1.29, 1.82) is 0 Å². The predicted octanol–water partition coefficient (Wildman–Crippen LogP) is 5.34. The van der Waals surface area contributed by atoms with Crippen molar-refractivity contribution in [3.05, 3.63) is 69.3 Å². The quantitative estimate of drug-likeness (QED) is 0.386. The number of nitrogens with one attached hydrogen (secondary N) is 3. The summed E-state index contributed by atoms with van der Waals surface area (Å²) in [6.07, 6.45) is 0. The number of hydrogen-bond donors (Lipinski definition) is 3. The second-order valence-electron chi connectivity index (χ2n) is 6.92. The minimum Gasteiger partial charge on any atom is -0.466 e. The Balaban J connectivity index is 1.79. The van der Waals surface area contributed by atoms with Crippen molar-refractivity contribution in [3.8, 4) is 0 Å². The van der Waals surface area contributed by atoms with E-state index in [4.69, 9.17) is 40.2 Å². The SMILES string of the molecule is CCN1C(=S)NC(c2ccc(NC(=O)Nc3cccc(Cl)c3Cl)cc2)C(C(=O)OC)=C1C. The monoisotopic (exact) mass is 492 g/mol. The van der Waals surface area contributed by atoms with Crippen LogP contribution < -0.4 is 16.0 Å². The topological polar surface area (TPSA) is 82.7 Å². The maximum Gasteiger partial charge on any atom is 0.337 e. The molecule has 0 aliphatic carbocycles. The van der Waals surface area contributed by atoms with Crippen molar-refractivity contribution in [3.63, 3.8) is 0 Å². The van der Waals surface area contributed by atoms with E-state index in [1.165, 1.54) is 7.11 Å². The molecule has 2 aromatic carbocycles. The van der Waals surface area contributed by atoms with Crippen LogP contribution in [0.2, 0.25) is 10.0 Å². The fraction of sp³-hybridized carbons (Fsp3) is 0.227. The normalized spacial score (nSPS) is 15.8. The molecule has 1 aliphatic heterocycles. The number of rotatable bonds is 5. The summed E-state index contributed by atoms with van der Waals surface area (Å²) in [6, 6.07) is 11.1. The predicted molar refractivity (Wildman–Crippen MR) is 131 cm³/mol. The third-order valence-corrected chi connectivity index (χ3v) is 6.18. The smallest absolute Gasteiger partial charge is 0.337 e. The molecule has 3 N–H and O–H groups in total. The number of methoxy groups -OCH3 is 1. The highest BCUT2D eigenvalue weighted by Crippen LogP contribution is 2.32. The first-order valence-electron chi connectivity index (χ1n) is 9.75. The van der Waals surface area contributed by atoms with Gasteiger partial charge in [-0.3, -0.25) is 0 Å². The van der Waals surface area contributed by atoms with Gasteiger partial charge in [0.05, 0.1) is 34.5 Å². The molecule has 0 fully saturated rings. The van der Waals surface area contributed by atoms with Crippen LogP contribution in [0.1, 0.15) is 25.5 Å². The molecule has 0 spiro atoms. The molecule has 0 saturated heterocycles. The number of benzene rings is 2. The Hall–Kier alpha value is -2.81. The molecule has 1 heterocycles.